The maximum absolute atomic E-state index is 2.64. The highest BCUT2D eigenvalue weighted by molar-refractivity contribution is 6.05. The molecule has 12 aromatic carbocycles. The van der Waals surface area contributed by atoms with Crippen LogP contribution in [0.2, 0.25) is 0 Å². The zero-order chi connectivity index (χ0) is 62.6. The van der Waals surface area contributed by atoms with Crippen LogP contribution in [0, 0.1) is 39.5 Å². The number of rotatable bonds is 7. The van der Waals surface area contributed by atoms with Gasteiger partial charge in [0.05, 0.1) is 11.4 Å². The Morgan fingerprint density at radius 3 is 1.52 bits per heavy atom. The summed E-state index contributed by atoms with van der Waals surface area (Å²) in [5.74, 6) is 1.50. The standard InChI is InChI=1S/C91H80N2/c1-54-44-57(4)86-61(45-54)18-16-24-84(86)92(66-33-37-71-69-20-11-13-23-79(69)91(83(71)52-66)53-58-28-31-62(91)46-58)63-34-38-72-74-47-59(29-40-77(74)89(7,8)81(72)50-63)60-30-41-78-75(48-60)73-39-35-65(51-82(73)90(78)42-14-9-15-43-90)93(85-25-17-21-67-55(2)26-27-56(3)87(67)85)64-32-36-70-68-19-10-12-22-76(68)88(5,6)80(70)49-64/h10-13,16-27,29-30,32-41,44-45,47-52,58,62H,9,14-15,28,31,42-43,46,53H2,1-8H3. The molecule has 0 aromatic heterocycles. The molecule has 0 radical (unpaired) electrons. The van der Waals surface area contributed by atoms with Gasteiger partial charge in [0.1, 0.15) is 0 Å². The Morgan fingerprint density at radius 2 is 0.871 bits per heavy atom. The lowest BCUT2D eigenvalue weighted by Gasteiger charge is -2.37. The minimum atomic E-state index is -0.218. The summed E-state index contributed by atoms with van der Waals surface area (Å²) < 4.78 is 0. The third kappa shape index (κ3) is 7.64. The fourth-order valence-corrected chi connectivity index (χ4v) is 20.7. The van der Waals surface area contributed by atoms with E-state index in [0.717, 1.165) is 5.92 Å². The van der Waals surface area contributed by atoms with Gasteiger partial charge < -0.3 is 9.80 Å². The van der Waals surface area contributed by atoms with Gasteiger partial charge in [-0.05, 0) is 272 Å². The Balaban J connectivity index is 0.726. The van der Waals surface area contributed by atoms with E-state index in [1.54, 1.807) is 11.1 Å². The monoisotopic (exact) mass is 1200 g/mol. The number of aryl methyl sites for hydroxylation is 4. The van der Waals surface area contributed by atoms with Gasteiger partial charge >= 0.3 is 0 Å². The van der Waals surface area contributed by atoms with Crippen molar-refractivity contribution in [1.29, 1.82) is 0 Å². The number of hydrogen-bond acceptors (Lipinski definition) is 2. The van der Waals surface area contributed by atoms with Crippen molar-refractivity contribution in [2.45, 2.75) is 135 Å². The number of benzene rings is 12. The highest BCUT2D eigenvalue weighted by atomic mass is 15.2. The minimum Gasteiger partial charge on any atom is -0.310 e. The normalized spacial score (nSPS) is 19.7. The third-order valence-corrected chi connectivity index (χ3v) is 24.9. The number of anilines is 6. The molecule has 0 heterocycles. The Bertz CT molecular complexity index is 5230. The second-order valence-electron chi connectivity index (χ2n) is 30.5. The van der Waals surface area contributed by atoms with Crippen LogP contribution in [0.1, 0.15) is 152 Å². The molecule has 0 saturated heterocycles. The van der Waals surface area contributed by atoms with E-state index in [0.29, 0.717) is 5.92 Å². The molecule has 7 aliphatic rings. The minimum absolute atomic E-state index is 0.0471. The van der Waals surface area contributed by atoms with Gasteiger partial charge in [0.2, 0.25) is 0 Å². The fourth-order valence-electron chi connectivity index (χ4n) is 20.7. The summed E-state index contributed by atoms with van der Waals surface area (Å²) in [6.07, 6.45) is 11.4. The van der Waals surface area contributed by atoms with Crippen LogP contribution in [0.3, 0.4) is 0 Å². The topological polar surface area (TPSA) is 6.48 Å². The molecule has 0 aliphatic heterocycles. The van der Waals surface area contributed by atoms with Gasteiger partial charge in [0.15, 0.2) is 0 Å². The highest BCUT2D eigenvalue weighted by Gasteiger charge is 2.57. The summed E-state index contributed by atoms with van der Waals surface area (Å²) in [5.41, 5.74) is 37.6. The van der Waals surface area contributed by atoms with Crippen molar-refractivity contribution >= 4 is 55.7 Å². The molecular weight excluding hydrogens is 1120 g/mol. The zero-order valence-electron chi connectivity index (χ0n) is 55.2. The molecule has 3 saturated carbocycles. The molecule has 3 unspecified atom stereocenters. The van der Waals surface area contributed by atoms with Crippen LogP contribution in [0.5, 0.6) is 0 Å². The lowest BCUT2D eigenvalue weighted by atomic mass is 9.67. The zero-order valence-corrected chi connectivity index (χ0v) is 55.2. The van der Waals surface area contributed by atoms with Gasteiger partial charge in [0.25, 0.3) is 0 Å². The fraction of sp³-hybridized carbons (Fsp3) is 0.253. The molecule has 3 atom stereocenters. The van der Waals surface area contributed by atoms with E-state index >= 15 is 0 Å². The van der Waals surface area contributed by atoms with Gasteiger partial charge in [-0.25, -0.2) is 0 Å². The quantitative estimate of drug-likeness (QED) is 0.157. The average Bonchev–Trinajstić information content (AvgIpc) is 1.55. The van der Waals surface area contributed by atoms with Crippen LogP contribution in [0.15, 0.2) is 218 Å². The van der Waals surface area contributed by atoms with Gasteiger partial charge in [0, 0.05) is 55.2 Å². The average molecular weight is 1200 g/mol. The second kappa shape index (κ2) is 19.7. The van der Waals surface area contributed by atoms with Crippen molar-refractivity contribution in [2.75, 3.05) is 9.80 Å². The molecule has 2 bridgehead atoms. The number of nitrogens with zero attached hydrogens (tertiary/aromatic N) is 2. The van der Waals surface area contributed by atoms with Crippen molar-refractivity contribution in [3.05, 3.63) is 285 Å². The van der Waals surface area contributed by atoms with Crippen LogP contribution in [-0.4, -0.2) is 0 Å². The Hall–Kier alpha value is -9.24. The molecule has 454 valence electrons. The summed E-state index contributed by atoms with van der Waals surface area (Å²) in [7, 11) is 0. The predicted molar refractivity (Wildman–Crippen MR) is 391 cm³/mol. The third-order valence-electron chi connectivity index (χ3n) is 24.9. The van der Waals surface area contributed by atoms with E-state index in [1.165, 1.54) is 225 Å². The maximum atomic E-state index is 2.64. The molecule has 12 aromatic rings. The Morgan fingerprint density at radius 1 is 0.355 bits per heavy atom. The van der Waals surface area contributed by atoms with Crippen LogP contribution in [-0.2, 0) is 21.7 Å². The molecular formula is C91H80N2. The highest BCUT2D eigenvalue weighted by Crippen LogP contribution is 2.67. The van der Waals surface area contributed by atoms with E-state index in [4.69, 9.17) is 0 Å². The van der Waals surface area contributed by atoms with Crippen LogP contribution < -0.4 is 9.80 Å². The van der Waals surface area contributed by atoms with Crippen molar-refractivity contribution in [3.63, 3.8) is 0 Å². The first kappa shape index (κ1) is 55.4. The molecule has 2 heteroatoms. The summed E-state index contributed by atoms with van der Waals surface area (Å²) >= 11 is 0. The SMILES string of the molecule is Cc1cc(C)c2c(N(c3ccc4c(c3)C(C)(C)c3ccc(-c5ccc6c(c5)-c5ccc(N(c7ccc8c(c7)C(C)(C)c7ccccc7-8)c7cccc8c(C)ccc(C)c78)cc5C65CCCCC5)cc3-4)c3ccc4c(c3)C3(CC5CCC3C5)c3ccccc3-4)cccc2c1. The molecule has 2 nitrogen and oxygen atoms in total. The van der Waals surface area contributed by atoms with Crippen molar-refractivity contribution < 1.29 is 0 Å². The van der Waals surface area contributed by atoms with Crippen LogP contribution in [0.25, 0.3) is 77.2 Å². The number of fused-ring (bicyclic) bond motifs is 21. The van der Waals surface area contributed by atoms with Gasteiger partial charge in [-0.15, -0.1) is 0 Å². The largest absolute Gasteiger partial charge is 0.310 e. The maximum Gasteiger partial charge on any atom is 0.0542 e. The Kier molecular flexibility index (Phi) is 11.7. The first-order valence-corrected chi connectivity index (χ1v) is 34.9. The van der Waals surface area contributed by atoms with Crippen molar-refractivity contribution in [1.82, 2.24) is 0 Å². The number of hydrogen-bond donors (Lipinski definition) is 0. The second-order valence-corrected chi connectivity index (χ2v) is 30.5. The predicted octanol–water partition coefficient (Wildman–Crippen LogP) is 24.8. The molecule has 3 fully saturated rings. The molecule has 0 N–H and O–H groups in total. The molecule has 19 rings (SSSR count). The van der Waals surface area contributed by atoms with Crippen LogP contribution in [0.4, 0.5) is 34.1 Å². The summed E-state index contributed by atoms with van der Waals surface area (Å²) in [6.45, 7) is 18.8. The molecule has 7 aliphatic carbocycles. The van der Waals surface area contributed by atoms with E-state index < -0.39 is 0 Å². The van der Waals surface area contributed by atoms with Crippen molar-refractivity contribution in [2.24, 2.45) is 11.8 Å². The summed E-state index contributed by atoms with van der Waals surface area (Å²) in [4.78, 5) is 5.23. The van der Waals surface area contributed by atoms with E-state index in [1.807, 2.05) is 0 Å². The smallest absolute Gasteiger partial charge is 0.0542 e. The lowest BCUT2D eigenvalue weighted by molar-refractivity contribution is 0.327. The first-order valence-electron chi connectivity index (χ1n) is 34.9. The van der Waals surface area contributed by atoms with Gasteiger partial charge in [-0.2, -0.15) is 0 Å². The summed E-state index contributed by atoms with van der Waals surface area (Å²) in [5, 5.41) is 5.24. The lowest BCUT2D eigenvalue weighted by Crippen LogP contribution is -2.32. The Labute approximate surface area is 549 Å². The molecule has 2 spiro atoms. The van der Waals surface area contributed by atoms with E-state index in [9.17, 15) is 0 Å². The van der Waals surface area contributed by atoms with E-state index in [-0.39, 0.29) is 21.7 Å². The summed E-state index contributed by atoms with van der Waals surface area (Å²) in [6, 6.07) is 86.6. The molecule has 93 heavy (non-hydrogen) atoms. The van der Waals surface area contributed by atoms with Gasteiger partial charge in [-0.3, -0.25) is 0 Å². The van der Waals surface area contributed by atoms with E-state index in [2.05, 4.69) is 284 Å². The first-order chi connectivity index (χ1) is 45.2. The van der Waals surface area contributed by atoms with Gasteiger partial charge in [-0.1, -0.05) is 205 Å². The van der Waals surface area contributed by atoms with Crippen molar-refractivity contribution in [3.8, 4) is 55.6 Å². The van der Waals surface area contributed by atoms with Crippen LogP contribution >= 0.6 is 0 Å². The molecule has 0 amide bonds.